The second kappa shape index (κ2) is 10.4. The summed E-state index contributed by atoms with van der Waals surface area (Å²) < 4.78 is 2.36. The maximum atomic E-state index is 3.46. The van der Waals surface area contributed by atoms with E-state index in [0.29, 0.717) is 0 Å². The van der Waals surface area contributed by atoms with Crippen LogP contribution in [-0.4, -0.2) is 30.5 Å². The molecule has 1 heterocycles. The van der Waals surface area contributed by atoms with Crippen molar-refractivity contribution in [1.82, 2.24) is 5.32 Å². The Morgan fingerprint density at radius 2 is 1.69 bits per heavy atom. The molecule has 0 saturated carbocycles. The predicted octanol–water partition coefficient (Wildman–Crippen LogP) is -0.225. The Labute approximate surface area is 118 Å². The smallest absolute Gasteiger partial charge is 0.244 e. The summed E-state index contributed by atoms with van der Waals surface area (Å²) in [6.07, 6.45) is 11.1. The fourth-order valence-corrected chi connectivity index (χ4v) is 2.17. The van der Waals surface area contributed by atoms with Gasteiger partial charge >= 0.3 is 0 Å². The van der Waals surface area contributed by atoms with Crippen LogP contribution in [0.2, 0.25) is 0 Å². The van der Waals surface area contributed by atoms with Gasteiger partial charge in [0.25, 0.3) is 0 Å². The molecule has 0 atom stereocenters. The van der Waals surface area contributed by atoms with Gasteiger partial charge in [-0.05, 0) is 6.42 Å². The molecule has 96 valence electrons. The lowest BCUT2D eigenvalue weighted by atomic mass is 10.1. The van der Waals surface area contributed by atoms with E-state index < -0.39 is 0 Å². The third-order valence-electron chi connectivity index (χ3n) is 3.25. The summed E-state index contributed by atoms with van der Waals surface area (Å²) >= 11 is 0. The van der Waals surface area contributed by atoms with E-state index >= 15 is 0 Å². The van der Waals surface area contributed by atoms with Crippen LogP contribution in [0.25, 0.3) is 0 Å². The van der Waals surface area contributed by atoms with Crippen molar-refractivity contribution in [2.24, 2.45) is 0 Å². The molecular formula is C13H27IN2. The van der Waals surface area contributed by atoms with Crippen LogP contribution >= 0.6 is 0 Å². The van der Waals surface area contributed by atoms with Crippen molar-refractivity contribution in [3.05, 3.63) is 0 Å². The van der Waals surface area contributed by atoms with Gasteiger partial charge in [-0.25, -0.2) is 0 Å². The minimum Gasteiger partial charge on any atom is -1.00 e. The second-order valence-electron chi connectivity index (χ2n) is 4.67. The SMILES string of the molecule is CCCCCCCCCC1=[N+](C)CCN1.[I-]. The van der Waals surface area contributed by atoms with Gasteiger partial charge in [0.2, 0.25) is 5.84 Å². The fraction of sp³-hybridized carbons (Fsp3) is 0.923. The number of amidine groups is 1. The lowest BCUT2D eigenvalue weighted by Crippen LogP contribution is -3.00. The number of nitrogens with one attached hydrogen (secondary N) is 1. The van der Waals surface area contributed by atoms with Gasteiger partial charge in [0.15, 0.2) is 0 Å². The number of likely N-dealkylation sites (N-methyl/N-ethyl adjacent to an activating group) is 1. The number of unbranched alkanes of at least 4 members (excludes halogenated alkanes) is 6. The van der Waals surface area contributed by atoms with Crippen LogP contribution < -0.4 is 29.3 Å². The van der Waals surface area contributed by atoms with E-state index in [4.69, 9.17) is 0 Å². The van der Waals surface area contributed by atoms with E-state index in [2.05, 4.69) is 23.9 Å². The van der Waals surface area contributed by atoms with Crippen molar-refractivity contribution in [1.29, 1.82) is 0 Å². The molecule has 0 aliphatic carbocycles. The van der Waals surface area contributed by atoms with E-state index in [1.165, 1.54) is 63.7 Å². The lowest BCUT2D eigenvalue weighted by Gasteiger charge is -2.00. The molecule has 1 N–H and O–H groups in total. The Hall–Kier alpha value is 0.200. The average Bonchev–Trinajstić information content (AvgIpc) is 2.63. The first kappa shape index (κ1) is 16.2. The predicted molar refractivity (Wildman–Crippen MR) is 66.7 cm³/mol. The molecule has 0 aromatic heterocycles. The second-order valence-corrected chi connectivity index (χ2v) is 4.67. The number of rotatable bonds is 8. The van der Waals surface area contributed by atoms with Crippen molar-refractivity contribution < 1.29 is 28.6 Å². The fourth-order valence-electron chi connectivity index (χ4n) is 2.17. The van der Waals surface area contributed by atoms with Crippen molar-refractivity contribution in [3.63, 3.8) is 0 Å². The van der Waals surface area contributed by atoms with Gasteiger partial charge in [0.05, 0.1) is 7.05 Å². The zero-order valence-corrected chi connectivity index (χ0v) is 13.1. The summed E-state index contributed by atoms with van der Waals surface area (Å²) in [6, 6.07) is 0. The van der Waals surface area contributed by atoms with Gasteiger partial charge < -0.3 is 24.0 Å². The highest BCUT2D eigenvalue weighted by Crippen LogP contribution is 2.08. The normalized spacial score (nSPS) is 14.9. The van der Waals surface area contributed by atoms with Gasteiger partial charge in [0.1, 0.15) is 13.1 Å². The molecular weight excluding hydrogens is 311 g/mol. The molecule has 1 rings (SSSR count). The highest BCUT2D eigenvalue weighted by Gasteiger charge is 2.15. The van der Waals surface area contributed by atoms with E-state index in [0.717, 1.165) is 6.54 Å². The van der Waals surface area contributed by atoms with Crippen LogP contribution in [0.5, 0.6) is 0 Å². The standard InChI is InChI=1S/C13H26N2.HI/c1-3-4-5-6-7-8-9-10-13-14-11-12-15(13)2;/h3-12H2,1-2H3;1H. The number of hydrogen-bond donors (Lipinski definition) is 1. The molecule has 0 radical (unpaired) electrons. The van der Waals surface area contributed by atoms with Gasteiger partial charge in [-0.1, -0.05) is 45.4 Å². The van der Waals surface area contributed by atoms with Crippen LogP contribution in [0.15, 0.2) is 0 Å². The van der Waals surface area contributed by atoms with Crippen LogP contribution in [0.4, 0.5) is 0 Å². The van der Waals surface area contributed by atoms with Crippen molar-refractivity contribution in [3.8, 4) is 0 Å². The van der Waals surface area contributed by atoms with Gasteiger partial charge in [-0.2, -0.15) is 0 Å². The highest BCUT2D eigenvalue weighted by molar-refractivity contribution is 5.78. The summed E-state index contributed by atoms with van der Waals surface area (Å²) in [5, 5.41) is 3.46. The number of halogens is 1. The van der Waals surface area contributed by atoms with E-state index in [9.17, 15) is 0 Å². The average molecular weight is 338 g/mol. The molecule has 16 heavy (non-hydrogen) atoms. The van der Waals surface area contributed by atoms with Gasteiger partial charge in [0, 0.05) is 6.42 Å². The van der Waals surface area contributed by atoms with E-state index in [-0.39, 0.29) is 24.0 Å². The third kappa shape index (κ3) is 6.71. The Morgan fingerprint density at radius 3 is 2.25 bits per heavy atom. The molecule has 1 aliphatic heterocycles. The molecule has 1 aliphatic rings. The van der Waals surface area contributed by atoms with Crippen LogP contribution in [-0.2, 0) is 0 Å². The summed E-state index contributed by atoms with van der Waals surface area (Å²) in [5.74, 6) is 1.46. The van der Waals surface area contributed by atoms with E-state index in [1.807, 2.05) is 0 Å². The summed E-state index contributed by atoms with van der Waals surface area (Å²) in [7, 11) is 2.19. The van der Waals surface area contributed by atoms with Crippen LogP contribution in [0, 0.1) is 0 Å². The quantitative estimate of drug-likeness (QED) is 0.367. The van der Waals surface area contributed by atoms with Crippen molar-refractivity contribution >= 4 is 5.84 Å². The Kier molecular flexibility index (Phi) is 10.5. The van der Waals surface area contributed by atoms with Crippen molar-refractivity contribution in [2.75, 3.05) is 20.1 Å². The molecule has 0 spiro atoms. The Morgan fingerprint density at radius 1 is 1.06 bits per heavy atom. The molecule has 0 fully saturated rings. The van der Waals surface area contributed by atoms with Gasteiger partial charge in [-0.3, -0.25) is 9.89 Å². The minimum atomic E-state index is 0. The molecule has 0 unspecified atom stereocenters. The maximum absolute atomic E-state index is 3.46. The molecule has 0 amide bonds. The zero-order valence-electron chi connectivity index (χ0n) is 10.9. The van der Waals surface area contributed by atoms with E-state index in [1.54, 1.807) is 0 Å². The van der Waals surface area contributed by atoms with Crippen molar-refractivity contribution in [2.45, 2.75) is 58.3 Å². The number of nitrogens with zero attached hydrogens (tertiary/aromatic N) is 1. The Bertz CT molecular complexity index is 202. The first-order valence-electron chi connectivity index (χ1n) is 6.65. The molecule has 3 heteroatoms. The van der Waals surface area contributed by atoms with Crippen LogP contribution in [0.1, 0.15) is 58.3 Å². The lowest BCUT2D eigenvalue weighted by molar-refractivity contribution is -0.487. The minimum absolute atomic E-state index is 0. The summed E-state index contributed by atoms with van der Waals surface area (Å²) in [5.41, 5.74) is 0. The maximum Gasteiger partial charge on any atom is 0.244 e. The molecule has 0 bridgehead atoms. The molecule has 0 aromatic rings. The largest absolute Gasteiger partial charge is 1.00 e. The van der Waals surface area contributed by atoms with Crippen LogP contribution in [0.3, 0.4) is 0 Å². The molecule has 2 nitrogen and oxygen atoms in total. The first-order valence-corrected chi connectivity index (χ1v) is 6.65. The molecule has 0 aromatic carbocycles. The first-order chi connectivity index (χ1) is 7.34. The zero-order chi connectivity index (χ0) is 10.9. The number of hydrogen-bond acceptors (Lipinski definition) is 1. The summed E-state index contributed by atoms with van der Waals surface area (Å²) in [6.45, 7) is 4.60. The Balaban J connectivity index is 0.00000225. The summed E-state index contributed by atoms with van der Waals surface area (Å²) in [4.78, 5) is 0. The van der Waals surface area contributed by atoms with Gasteiger partial charge in [-0.15, -0.1) is 0 Å². The molecule has 0 saturated heterocycles. The topological polar surface area (TPSA) is 15.0 Å². The third-order valence-corrected chi connectivity index (χ3v) is 3.25. The monoisotopic (exact) mass is 338 g/mol. The highest BCUT2D eigenvalue weighted by atomic mass is 127.